The van der Waals surface area contributed by atoms with Crippen LogP contribution in [0.15, 0.2) is 29.4 Å². The molecule has 0 bridgehead atoms. The molecule has 1 amide bonds. The summed E-state index contributed by atoms with van der Waals surface area (Å²) >= 11 is 0. The number of nitrogens with zero attached hydrogens (tertiary/aromatic N) is 3. The van der Waals surface area contributed by atoms with Crippen molar-refractivity contribution < 1.29 is 4.79 Å². The van der Waals surface area contributed by atoms with Crippen LogP contribution < -0.4 is 5.32 Å². The van der Waals surface area contributed by atoms with E-state index in [0.717, 1.165) is 6.42 Å². The highest BCUT2D eigenvalue weighted by molar-refractivity contribution is 5.91. The van der Waals surface area contributed by atoms with Gasteiger partial charge in [-0.25, -0.2) is 0 Å². The average Bonchev–Trinajstić information content (AvgIpc) is 2.19. The SMILES string of the molecule is CCCC(=O)Nc1cccc(N=[N+]=[N-])c1. The van der Waals surface area contributed by atoms with Crippen molar-refractivity contribution in [3.8, 4) is 0 Å². The van der Waals surface area contributed by atoms with Crippen molar-refractivity contribution in [1.82, 2.24) is 0 Å². The smallest absolute Gasteiger partial charge is 0.224 e. The second-order valence-corrected chi connectivity index (χ2v) is 3.04. The highest BCUT2D eigenvalue weighted by atomic mass is 16.1. The molecule has 1 N–H and O–H groups in total. The summed E-state index contributed by atoms with van der Waals surface area (Å²) in [5, 5.41) is 6.17. The molecule has 0 spiro atoms. The van der Waals surface area contributed by atoms with Gasteiger partial charge in [0.2, 0.25) is 5.91 Å². The van der Waals surface area contributed by atoms with Gasteiger partial charge in [0.15, 0.2) is 0 Å². The molecule has 78 valence electrons. The van der Waals surface area contributed by atoms with Gasteiger partial charge in [0.1, 0.15) is 0 Å². The largest absolute Gasteiger partial charge is 0.326 e. The summed E-state index contributed by atoms with van der Waals surface area (Å²) in [5.74, 6) is -0.0319. The van der Waals surface area contributed by atoms with E-state index in [1.165, 1.54) is 0 Å². The molecule has 0 saturated carbocycles. The van der Waals surface area contributed by atoms with E-state index >= 15 is 0 Å². The Balaban J connectivity index is 2.73. The summed E-state index contributed by atoms with van der Waals surface area (Å²) < 4.78 is 0. The Kier molecular flexibility index (Phi) is 4.19. The summed E-state index contributed by atoms with van der Waals surface area (Å²) in [6.07, 6.45) is 1.30. The van der Waals surface area contributed by atoms with E-state index in [2.05, 4.69) is 15.3 Å². The standard InChI is InChI=1S/C10H12N4O/c1-2-4-10(15)12-8-5-3-6-9(7-8)13-14-11/h3,5-7H,2,4H2,1H3,(H,12,15). The fourth-order valence-electron chi connectivity index (χ4n) is 1.15. The first-order valence-corrected chi connectivity index (χ1v) is 4.71. The molecule has 0 aliphatic carbocycles. The van der Waals surface area contributed by atoms with Gasteiger partial charge in [-0.3, -0.25) is 4.79 Å². The molecule has 0 saturated heterocycles. The van der Waals surface area contributed by atoms with Gasteiger partial charge in [0.05, 0.1) is 0 Å². The van der Waals surface area contributed by atoms with Crippen molar-refractivity contribution in [2.45, 2.75) is 19.8 Å². The molecule has 15 heavy (non-hydrogen) atoms. The van der Waals surface area contributed by atoms with Gasteiger partial charge in [-0.05, 0) is 24.1 Å². The Hall–Kier alpha value is -2.00. The number of nitrogens with one attached hydrogen (secondary N) is 1. The maximum absolute atomic E-state index is 11.3. The molecule has 0 heterocycles. The summed E-state index contributed by atoms with van der Waals surface area (Å²) in [4.78, 5) is 13.9. The van der Waals surface area contributed by atoms with Gasteiger partial charge in [-0.2, -0.15) is 0 Å². The number of rotatable bonds is 4. The number of anilines is 1. The third kappa shape index (κ3) is 3.70. The fourth-order valence-corrected chi connectivity index (χ4v) is 1.15. The van der Waals surface area contributed by atoms with Crippen LogP contribution in [0.25, 0.3) is 10.4 Å². The van der Waals surface area contributed by atoms with E-state index in [9.17, 15) is 4.79 Å². The Labute approximate surface area is 87.7 Å². The van der Waals surface area contributed by atoms with E-state index in [4.69, 9.17) is 5.53 Å². The van der Waals surface area contributed by atoms with Gasteiger partial charge >= 0.3 is 0 Å². The fraction of sp³-hybridized carbons (Fsp3) is 0.300. The van der Waals surface area contributed by atoms with Crippen LogP contribution in [0.2, 0.25) is 0 Å². The van der Waals surface area contributed by atoms with Crippen LogP contribution in [-0.2, 0) is 4.79 Å². The summed E-state index contributed by atoms with van der Waals surface area (Å²) in [6.45, 7) is 1.94. The molecule has 0 aliphatic heterocycles. The molecule has 0 atom stereocenters. The first-order chi connectivity index (χ1) is 7.26. The van der Waals surface area contributed by atoms with Gasteiger partial charge in [-0.1, -0.05) is 24.2 Å². The normalized spacial score (nSPS) is 9.13. The van der Waals surface area contributed by atoms with Crippen molar-refractivity contribution in [3.63, 3.8) is 0 Å². The molecular formula is C10H12N4O. The predicted molar refractivity (Wildman–Crippen MR) is 58.8 cm³/mol. The lowest BCUT2D eigenvalue weighted by Crippen LogP contribution is -2.10. The zero-order valence-corrected chi connectivity index (χ0v) is 8.47. The van der Waals surface area contributed by atoms with Crippen molar-refractivity contribution in [1.29, 1.82) is 0 Å². The molecule has 5 heteroatoms. The molecule has 0 aliphatic rings. The van der Waals surface area contributed by atoms with E-state index in [0.29, 0.717) is 17.8 Å². The van der Waals surface area contributed by atoms with Crippen molar-refractivity contribution in [2.24, 2.45) is 5.11 Å². The van der Waals surface area contributed by atoms with E-state index < -0.39 is 0 Å². The molecule has 0 radical (unpaired) electrons. The zero-order valence-electron chi connectivity index (χ0n) is 8.47. The molecule has 0 aromatic heterocycles. The van der Waals surface area contributed by atoms with Crippen molar-refractivity contribution >= 4 is 17.3 Å². The Bertz CT molecular complexity index is 396. The highest BCUT2D eigenvalue weighted by Gasteiger charge is 2.00. The summed E-state index contributed by atoms with van der Waals surface area (Å²) in [5.41, 5.74) is 9.39. The number of carbonyl (C=O) groups excluding carboxylic acids is 1. The lowest BCUT2D eigenvalue weighted by atomic mass is 10.2. The van der Waals surface area contributed by atoms with Crippen LogP contribution in [0, 0.1) is 0 Å². The maximum atomic E-state index is 11.3. The van der Waals surface area contributed by atoms with E-state index in [-0.39, 0.29) is 5.91 Å². The van der Waals surface area contributed by atoms with Gasteiger partial charge < -0.3 is 5.32 Å². The maximum Gasteiger partial charge on any atom is 0.224 e. The second-order valence-electron chi connectivity index (χ2n) is 3.04. The van der Waals surface area contributed by atoms with Crippen LogP contribution in [0.1, 0.15) is 19.8 Å². The topological polar surface area (TPSA) is 77.9 Å². The van der Waals surface area contributed by atoms with E-state index in [1.54, 1.807) is 24.3 Å². The van der Waals surface area contributed by atoms with Crippen LogP contribution in [0.5, 0.6) is 0 Å². The third-order valence-corrected chi connectivity index (χ3v) is 1.77. The first-order valence-electron chi connectivity index (χ1n) is 4.71. The number of azide groups is 1. The van der Waals surface area contributed by atoms with Crippen molar-refractivity contribution in [3.05, 3.63) is 34.7 Å². The summed E-state index contributed by atoms with van der Waals surface area (Å²) in [6, 6.07) is 6.79. The second kappa shape index (κ2) is 5.67. The average molecular weight is 204 g/mol. The number of amides is 1. The van der Waals surface area contributed by atoms with Crippen LogP contribution >= 0.6 is 0 Å². The Morgan fingerprint density at radius 3 is 3.07 bits per heavy atom. The predicted octanol–water partition coefficient (Wildman–Crippen LogP) is 3.37. The lowest BCUT2D eigenvalue weighted by molar-refractivity contribution is -0.116. The third-order valence-electron chi connectivity index (χ3n) is 1.77. The molecule has 1 rings (SSSR count). The van der Waals surface area contributed by atoms with Crippen LogP contribution in [0.3, 0.4) is 0 Å². The van der Waals surface area contributed by atoms with Crippen LogP contribution in [0.4, 0.5) is 11.4 Å². The monoisotopic (exact) mass is 204 g/mol. The number of carbonyl (C=O) groups is 1. The molecule has 1 aromatic carbocycles. The molecule has 0 fully saturated rings. The molecule has 1 aromatic rings. The van der Waals surface area contributed by atoms with Gasteiger partial charge in [0.25, 0.3) is 0 Å². The molecule has 0 unspecified atom stereocenters. The quantitative estimate of drug-likeness (QED) is 0.455. The van der Waals surface area contributed by atoms with Crippen molar-refractivity contribution in [2.75, 3.05) is 5.32 Å². The van der Waals surface area contributed by atoms with Gasteiger partial charge in [0, 0.05) is 22.7 Å². The minimum atomic E-state index is -0.0319. The van der Waals surface area contributed by atoms with E-state index in [1.807, 2.05) is 6.92 Å². The van der Waals surface area contributed by atoms with Crippen LogP contribution in [-0.4, -0.2) is 5.91 Å². The minimum Gasteiger partial charge on any atom is -0.326 e. The number of benzene rings is 1. The Morgan fingerprint density at radius 2 is 2.40 bits per heavy atom. The number of hydrogen-bond acceptors (Lipinski definition) is 2. The summed E-state index contributed by atoms with van der Waals surface area (Å²) in [7, 11) is 0. The lowest BCUT2D eigenvalue weighted by Gasteiger charge is -2.04. The number of hydrogen-bond donors (Lipinski definition) is 1. The van der Waals surface area contributed by atoms with Gasteiger partial charge in [-0.15, -0.1) is 0 Å². The highest BCUT2D eigenvalue weighted by Crippen LogP contribution is 2.18. The zero-order chi connectivity index (χ0) is 11.1. The first kappa shape index (κ1) is 11.1. The molecule has 5 nitrogen and oxygen atoms in total. The molecular weight excluding hydrogens is 192 g/mol. The minimum absolute atomic E-state index is 0.0319. The Morgan fingerprint density at radius 1 is 1.60 bits per heavy atom.